The SMILES string of the molecule is CNC(c1ccc(C)c(F)c1)C1CC2CCC(C1)N2C. The van der Waals surface area contributed by atoms with E-state index in [0.29, 0.717) is 5.92 Å². The molecule has 1 aromatic carbocycles. The van der Waals surface area contributed by atoms with Gasteiger partial charge in [0.2, 0.25) is 0 Å². The minimum atomic E-state index is -0.0846. The van der Waals surface area contributed by atoms with Gasteiger partial charge in [-0.25, -0.2) is 4.39 Å². The van der Waals surface area contributed by atoms with Crippen molar-refractivity contribution in [2.75, 3.05) is 14.1 Å². The van der Waals surface area contributed by atoms with E-state index in [9.17, 15) is 4.39 Å². The molecule has 0 saturated carbocycles. The van der Waals surface area contributed by atoms with Gasteiger partial charge in [0.15, 0.2) is 0 Å². The Morgan fingerprint density at radius 1 is 1.25 bits per heavy atom. The Balaban J connectivity index is 1.81. The lowest BCUT2D eigenvalue weighted by atomic mass is 9.82. The van der Waals surface area contributed by atoms with E-state index in [1.807, 2.05) is 20.0 Å². The van der Waals surface area contributed by atoms with Gasteiger partial charge < -0.3 is 10.2 Å². The minimum Gasteiger partial charge on any atom is -0.313 e. The quantitative estimate of drug-likeness (QED) is 0.911. The van der Waals surface area contributed by atoms with Crippen LogP contribution in [0.3, 0.4) is 0 Å². The first kappa shape index (κ1) is 14.0. The van der Waals surface area contributed by atoms with Crippen LogP contribution >= 0.6 is 0 Å². The van der Waals surface area contributed by atoms with E-state index in [1.165, 1.54) is 25.7 Å². The van der Waals surface area contributed by atoms with Crippen LogP contribution in [-0.2, 0) is 0 Å². The molecule has 1 N–H and O–H groups in total. The van der Waals surface area contributed by atoms with Crippen molar-refractivity contribution in [2.24, 2.45) is 5.92 Å². The average molecular weight is 276 g/mol. The maximum atomic E-state index is 13.8. The van der Waals surface area contributed by atoms with E-state index >= 15 is 0 Å². The summed E-state index contributed by atoms with van der Waals surface area (Å²) in [5.74, 6) is 0.537. The Bertz CT molecular complexity index is 474. The predicted molar refractivity (Wildman–Crippen MR) is 80.2 cm³/mol. The van der Waals surface area contributed by atoms with Gasteiger partial charge >= 0.3 is 0 Å². The smallest absolute Gasteiger partial charge is 0.126 e. The van der Waals surface area contributed by atoms with Gasteiger partial charge in [0.05, 0.1) is 0 Å². The Labute approximate surface area is 121 Å². The molecule has 2 aliphatic heterocycles. The number of piperidine rings is 1. The van der Waals surface area contributed by atoms with E-state index in [-0.39, 0.29) is 11.9 Å². The molecule has 3 heteroatoms. The second-order valence-electron chi connectivity index (χ2n) is 6.56. The molecule has 2 aliphatic rings. The molecule has 2 saturated heterocycles. The molecular weight excluding hydrogens is 251 g/mol. The molecule has 2 bridgehead atoms. The van der Waals surface area contributed by atoms with Gasteiger partial charge in [0, 0.05) is 18.1 Å². The first-order valence-electron chi connectivity index (χ1n) is 7.75. The summed E-state index contributed by atoms with van der Waals surface area (Å²) in [4.78, 5) is 2.55. The van der Waals surface area contributed by atoms with Crippen molar-refractivity contribution in [3.05, 3.63) is 35.1 Å². The largest absolute Gasteiger partial charge is 0.313 e. The van der Waals surface area contributed by atoms with Gasteiger partial charge in [-0.05, 0) is 69.8 Å². The van der Waals surface area contributed by atoms with Crippen LogP contribution in [0, 0.1) is 18.7 Å². The summed E-state index contributed by atoms with van der Waals surface area (Å²) in [6.45, 7) is 1.82. The number of aryl methyl sites for hydroxylation is 1. The summed E-state index contributed by atoms with van der Waals surface area (Å²) < 4.78 is 13.8. The van der Waals surface area contributed by atoms with Gasteiger partial charge in [-0.15, -0.1) is 0 Å². The molecule has 2 heterocycles. The molecular formula is C17H25FN2. The zero-order valence-corrected chi connectivity index (χ0v) is 12.7. The Morgan fingerprint density at radius 3 is 2.45 bits per heavy atom. The highest BCUT2D eigenvalue weighted by molar-refractivity contribution is 5.26. The van der Waals surface area contributed by atoms with Crippen LogP contribution in [0.5, 0.6) is 0 Å². The number of hydrogen-bond donors (Lipinski definition) is 1. The summed E-state index contributed by atoms with van der Waals surface area (Å²) in [6.07, 6.45) is 5.12. The zero-order valence-electron chi connectivity index (χ0n) is 12.7. The third-order valence-electron chi connectivity index (χ3n) is 5.47. The van der Waals surface area contributed by atoms with Crippen LogP contribution in [0.2, 0.25) is 0 Å². The highest BCUT2D eigenvalue weighted by Crippen LogP contribution is 2.42. The summed E-state index contributed by atoms with van der Waals surface area (Å²) in [5.41, 5.74) is 1.83. The monoisotopic (exact) mass is 276 g/mol. The fourth-order valence-electron chi connectivity index (χ4n) is 4.20. The lowest BCUT2D eigenvalue weighted by molar-refractivity contribution is 0.114. The van der Waals surface area contributed by atoms with E-state index in [4.69, 9.17) is 0 Å². The van der Waals surface area contributed by atoms with Crippen molar-refractivity contribution in [1.82, 2.24) is 10.2 Å². The molecule has 3 unspecified atom stereocenters. The molecule has 3 rings (SSSR count). The van der Waals surface area contributed by atoms with Gasteiger partial charge in [0.1, 0.15) is 5.82 Å². The number of rotatable bonds is 3. The predicted octanol–water partition coefficient (Wildman–Crippen LogP) is 3.27. The molecule has 2 nitrogen and oxygen atoms in total. The molecule has 0 aromatic heterocycles. The molecule has 0 radical (unpaired) electrons. The highest BCUT2D eigenvalue weighted by Gasteiger charge is 2.41. The lowest BCUT2D eigenvalue weighted by Crippen LogP contribution is -2.43. The van der Waals surface area contributed by atoms with E-state index < -0.39 is 0 Å². The topological polar surface area (TPSA) is 15.3 Å². The molecule has 0 spiro atoms. The molecule has 2 fully saturated rings. The number of nitrogens with zero attached hydrogens (tertiary/aromatic N) is 1. The van der Waals surface area contributed by atoms with E-state index in [0.717, 1.165) is 23.2 Å². The first-order valence-corrected chi connectivity index (χ1v) is 7.75. The van der Waals surface area contributed by atoms with Crippen LogP contribution in [0.1, 0.15) is 42.9 Å². The standard InChI is InChI=1S/C17H25FN2/c1-11-4-5-12(10-16(11)18)17(19-2)13-8-14-6-7-15(9-13)20(14)3/h4-5,10,13-15,17,19H,6-9H2,1-3H3. The second kappa shape index (κ2) is 5.45. The van der Waals surface area contributed by atoms with E-state index in [2.05, 4.69) is 23.3 Å². The van der Waals surface area contributed by atoms with Crippen molar-refractivity contribution in [2.45, 2.75) is 50.7 Å². The second-order valence-corrected chi connectivity index (χ2v) is 6.56. The molecule has 3 atom stereocenters. The van der Waals surface area contributed by atoms with Crippen molar-refractivity contribution >= 4 is 0 Å². The number of benzene rings is 1. The molecule has 0 aliphatic carbocycles. The summed E-state index contributed by atoms with van der Waals surface area (Å²) >= 11 is 0. The number of fused-ring (bicyclic) bond motifs is 2. The number of nitrogens with one attached hydrogen (secondary N) is 1. The van der Waals surface area contributed by atoms with Crippen LogP contribution < -0.4 is 5.32 Å². The molecule has 1 aromatic rings. The van der Waals surface area contributed by atoms with Gasteiger partial charge in [-0.3, -0.25) is 0 Å². The zero-order chi connectivity index (χ0) is 14.3. The number of hydrogen-bond acceptors (Lipinski definition) is 2. The summed E-state index contributed by atoms with van der Waals surface area (Å²) in [6, 6.07) is 7.44. The van der Waals surface area contributed by atoms with Crippen LogP contribution in [-0.4, -0.2) is 31.1 Å². The molecule has 110 valence electrons. The van der Waals surface area contributed by atoms with Gasteiger partial charge in [-0.2, -0.15) is 0 Å². The normalized spacial score (nSPS) is 31.5. The Kier molecular flexibility index (Phi) is 3.83. The van der Waals surface area contributed by atoms with Gasteiger partial charge in [-0.1, -0.05) is 12.1 Å². The number of halogens is 1. The van der Waals surface area contributed by atoms with Crippen molar-refractivity contribution in [3.8, 4) is 0 Å². The highest BCUT2D eigenvalue weighted by atomic mass is 19.1. The molecule has 20 heavy (non-hydrogen) atoms. The minimum absolute atomic E-state index is 0.0846. The fraction of sp³-hybridized carbons (Fsp3) is 0.647. The van der Waals surface area contributed by atoms with Crippen LogP contribution in [0.4, 0.5) is 4.39 Å². The van der Waals surface area contributed by atoms with Crippen LogP contribution in [0.15, 0.2) is 18.2 Å². The lowest BCUT2D eigenvalue weighted by Gasteiger charge is -2.40. The Morgan fingerprint density at radius 2 is 1.90 bits per heavy atom. The third kappa shape index (κ3) is 2.38. The van der Waals surface area contributed by atoms with E-state index in [1.54, 1.807) is 6.07 Å². The molecule has 0 amide bonds. The maximum absolute atomic E-state index is 13.8. The third-order valence-corrected chi connectivity index (χ3v) is 5.47. The first-order chi connectivity index (χ1) is 9.60. The average Bonchev–Trinajstić information content (AvgIpc) is 2.65. The fourth-order valence-corrected chi connectivity index (χ4v) is 4.20. The maximum Gasteiger partial charge on any atom is 0.126 e. The van der Waals surface area contributed by atoms with Crippen LogP contribution in [0.25, 0.3) is 0 Å². The van der Waals surface area contributed by atoms with Gasteiger partial charge in [0.25, 0.3) is 0 Å². The van der Waals surface area contributed by atoms with Crippen molar-refractivity contribution < 1.29 is 4.39 Å². The summed E-state index contributed by atoms with van der Waals surface area (Å²) in [5, 5.41) is 3.43. The Hall–Kier alpha value is -0.930. The van der Waals surface area contributed by atoms with Crippen molar-refractivity contribution in [3.63, 3.8) is 0 Å². The summed E-state index contributed by atoms with van der Waals surface area (Å²) in [7, 11) is 4.27. The van der Waals surface area contributed by atoms with Crippen molar-refractivity contribution in [1.29, 1.82) is 0 Å².